The lowest BCUT2D eigenvalue weighted by Gasteiger charge is -2.14. The van der Waals surface area contributed by atoms with Gasteiger partial charge in [0, 0.05) is 17.8 Å². The van der Waals surface area contributed by atoms with Gasteiger partial charge in [-0.3, -0.25) is 4.98 Å². The van der Waals surface area contributed by atoms with Gasteiger partial charge in [-0.15, -0.1) is 0 Å². The maximum atomic E-state index is 4.19. The molecular formula is C16H22N2. The van der Waals surface area contributed by atoms with Crippen molar-refractivity contribution in [1.29, 1.82) is 0 Å². The van der Waals surface area contributed by atoms with Crippen LogP contribution in [-0.2, 0) is 0 Å². The van der Waals surface area contributed by atoms with Gasteiger partial charge in [0.25, 0.3) is 0 Å². The highest BCUT2D eigenvalue weighted by Gasteiger charge is 2.08. The SMILES string of the molecule is CCCNCCC(C)c1cccc2cnccc12. The molecule has 18 heavy (non-hydrogen) atoms. The minimum atomic E-state index is 0.584. The lowest BCUT2D eigenvalue weighted by molar-refractivity contribution is 0.592. The molecule has 0 saturated carbocycles. The summed E-state index contributed by atoms with van der Waals surface area (Å²) in [7, 11) is 0. The Morgan fingerprint density at radius 3 is 2.94 bits per heavy atom. The molecular weight excluding hydrogens is 220 g/mol. The topological polar surface area (TPSA) is 24.9 Å². The first kappa shape index (κ1) is 13.0. The number of pyridine rings is 1. The van der Waals surface area contributed by atoms with Crippen LogP contribution < -0.4 is 5.32 Å². The first-order valence-corrected chi connectivity index (χ1v) is 6.86. The zero-order chi connectivity index (χ0) is 12.8. The molecule has 2 nitrogen and oxygen atoms in total. The third-order valence-corrected chi connectivity index (χ3v) is 3.43. The molecule has 1 heterocycles. The quantitative estimate of drug-likeness (QED) is 0.781. The van der Waals surface area contributed by atoms with Gasteiger partial charge in [-0.1, -0.05) is 32.0 Å². The summed E-state index contributed by atoms with van der Waals surface area (Å²) >= 11 is 0. The highest BCUT2D eigenvalue weighted by Crippen LogP contribution is 2.26. The normalized spacial score (nSPS) is 12.8. The number of nitrogens with zero attached hydrogens (tertiary/aromatic N) is 1. The highest BCUT2D eigenvalue weighted by atomic mass is 14.8. The van der Waals surface area contributed by atoms with E-state index < -0.39 is 0 Å². The molecule has 2 rings (SSSR count). The van der Waals surface area contributed by atoms with Crippen LogP contribution in [0.4, 0.5) is 0 Å². The van der Waals surface area contributed by atoms with E-state index in [4.69, 9.17) is 0 Å². The van der Waals surface area contributed by atoms with Crippen LogP contribution in [0.1, 0.15) is 38.2 Å². The fraction of sp³-hybridized carbons (Fsp3) is 0.438. The Bertz CT molecular complexity index is 488. The summed E-state index contributed by atoms with van der Waals surface area (Å²) in [6.07, 6.45) is 6.21. The number of benzene rings is 1. The number of rotatable bonds is 6. The Morgan fingerprint density at radius 2 is 2.11 bits per heavy atom. The third-order valence-electron chi connectivity index (χ3n) is 3.43. The average Bonchev–Trinajstić information content (AvgIpc) is 2.43. The van der Waals surface area contributed by atoms with Gasteiger partial charge in [-0.25, -0.2) is 0 Å². The van der Waals surface area contributed by atoms with Gasteiger partial charge in [0.1, 0.15) is 0 Å². The number of hydrogen-bond acceptors (Lipinski definition) is 2. The van der Waals surface area contributed by atoms with Crippen molar-refractivity contribution in [2.45, 2.75) is 32.6 Å². The van der Waals surface area contributed by atoms with Crippen LogP contribution >= 0.6 is 0 Å². The van der Waals surface area contributed by atoms with Crippen LogP contribution in [-0.4, -0.2) is 18.1 Å². The molecule has 0 bridgehead atoms. The van der Waals surface area contributed by atoms with E-state index in [0.29, 0.717) is 5.92 Å². The molecule has 0 amide bonds. The summed E-state index contributed by atoms with van der Waals surface area (Å²) in [4.78, 5) is 4.19. The molecule has 1 aromatic carbocycles. The molecule has 2 aromatic rings. The molecule has 1 N–H and O–H groups in total. The molecule has 1 atom stereocenters. The van der Waals surface area contributed by atoms with Crippen LogP contribution in [0.3, 0.4) is 0 Å². The van der Waals surface area contributed by atoms with Crippen molar-refractivity contribution in [1.82, 2.24) is 10.3 Å². The van der Waals surface area contributed by atoms with Gasteiger partial charge in [0.05, 0.1) is 0 Å². The second kappa shape index (κ2) is 6.50. The number of nitrogens with one attached hydrogen (secondary N) is 1. The summed E-state index contributed by atoms with van der Waals surface area (Å²) in [5.74, 6) is 0.584. The molecule has 0 saturated heterocycles. The zero-order valence-corrected chi connectivity index (χ0v) is 11.3. The largest absolute Gasteiger partial charge is 0.317 e. The minimum absolute atomic E-state index is 0.584. The predicted molar refractivity (Wildman–Crippen MR) is 77.9 cm³/mol. The minimum Gasteiger partial charge on any atom is -0.317 e. The number of fused-ring (bicyclic) bond motifs is 1. The summed E-state index contributed by atoms with van der Waals surface area (Å²) in [6.45, 7) is 6.72. The molecule has 2 heteroatoms. The second-order valence-electron chi connectivity index (χ2n) is 4.88. The molecule has 0 aliphatic carbocycles. The van der Waals surface area contributed by atoms with Gasteiger partial charge in [0.15, 0.2) is 0 Å². The van der Waals surface area contributed by atoms with Crippen molar-refractivity contribution in [3.8, 4) is 0 Å². The monoisotopic (exact) mass is 242 g/mol. The van der Waals surface area contributed by atoms with E-state index >= 15 is 0 Å². The van der Waals surface area contributed by atoms with Crippen LogP contribution in [0.5, 0.6) is 0 Å². The lowest BCUT2D eigenvalue weighted by atomic mass is 9.93. The van der Waals surface area contributed by atoms with Crippen molar-refractivity contribution in [2.24, 2.45) is 0 Å². The first-order chi connectivity index (χ1) is 8.83. The fourth-order valence-electron chi connectivity index (χ4n) is 2.35. The van der Waals surface area contributed by atoms with Gasteiger partial charge < -0.3 is 5.32 Å². The molecule has 96 valence electrons. The summed E-state index contributed by atoms with van der Waals surface area (Å²) in [5.41, 5.74) is 1.44. The Balaban J connectivity index is 2.10. The zero-order valence-electron chi connectivity index (χ0n) is 11.3. The summed E-state index contributed by atoms with van der Waals surface area (Å²) in [6, 6.07) is 8.64. The maximum absolute atomic E-state index is 4.19. The molecule has 1 aromatic heterocycles. The van der Waals surface area contributed by atoms with E-state index in [-0.39, 0.29) is 0 Å². The van der Waals surface area contributed by atoms with Crippen molar-refractivity contribution in [3.63, 3.8) is 0 Å². The molecule has 0 aliphatic rings. The summed E-state index contributed by atoms with van der Waals surface area (Å²) in [5, 5.41) is 6.05. The molecule has 0 spiro atoms. The number of aromatic nitrogens is 1. The third kappa shape index (κ3) is 3.08. The Labute approximate surface area is 109 Å². The van der Waals surface area contributed by atoms with E-state index in [1.165, 1.54) is 29.2 Å². The lowest BCUT2D eigenvalue weighted by Crippen LogP contribution is -2.17. The van der Waals surface area contributed by atoms with Crippen molar-refractivity contribution >= 4 is 10.8 Å². The van der Waals surface area contributed by atoms with Crippen LogP contribution in [0.2, 0.25) is 0 Å². The smallest absolute Gasteiger partial charge is 0.0346 e. The maximum Gasteiger partial charge on any atom is 0.0346 e. The van der Waals surface area contributed by atoms with E-state index in [1.807, 2.05) is 12.4 Å². The predicted octanol–water partition coefficient (Wildman–Crippen LogP) is 3.73. The Hall–Kier alpha value is -1.41. The van der Waals surface area contributed by atoms with Crippen LogP contribution in [0.15, 0.2) is 36.7 Å². The van der Waals surface area contributed by atoms with Gasteiger partial charge >= 0.3 is 0 Å². The van der Waals surface area contributed by atoms with E-state index in [1.54, 1.807) is 0 Å². The van der Waals surface area contributed by atoms with Crippen LogP contribution in [0, 0.1) is 0 Å². The van der Waals surface area contributed by atoms with Gasteiger partial charge in [-0.05, 0) is 48.9 Å². The summed E-state index contributed by atoms with van der Waals surface area (Å²) < 4.78 is 0. The van der Waals surface area contributed by atoms with E-state index in [0.717, 1.165) is 13.1 Å². The van der Waals surface area contributed by atoms with E-state index in [9.17, 15) is 0 Å². The highest BCUT2D eigenvalue weighted by molar-refractivity contribution is 5.85. The van der Waals surface area contributed by atoms with Gasteiger partial charge in [0.2, 0.25) is 0 Å². The fourth-order valence-corrected chi connectivity index (χ4v) is 2.35. The molecule has 0 fully saturated rings. The van der Waals surface area contributed by atoms with Crippen LogP contribution in [0.25, 0.3) is 10.8 Å². The Morgan fingerprint density at radius 1 is 1.22 bits per heavy atom. The Kier molecular flexibility index (Phi) is 4.71. The molecule has 1 unspecified atom stereocenters. The standard InChI is InChI=1S/C16H22N2/c1-3-9-17-10-7-13(2)15-6-4-5-14-12-18-11-8-16(14)15/h4-6,8,11-13,17H,3,7,9-10H2,1-2H3. The van der Waals surface area contributed by atoms with Gasteiger partial charge in [-0.2, -0.15) is 0 Å². The molecule has 0 aliphatic heterocycles. The van der Waals surface area contributed by atoms with Crippen molar-refractivity contribution < 1.29 is 0 Å². The second-order valence-corrected chi connectivity index (χ2v) is 4.88. The van der Waals surface area contributed by atoms with Crippen molar-refractivity contribution in [3.05, 3.63) is 42.2 Å². The molecule has 0 radical (unpaired) electrons. The number of hydrogen-bond donors (Lipinski definition) is 1. The van der Waals surface area contributed by atoms with Crippen molar-refractivity contribution in [2.75, 3.05) is 13.1 Å². The first-order valence-electron chi connectivity index (χ1n) is 6.86. The average molecular weight is 242 g/mol. The van der Waals surface area contributed by atoms with E-state index in [2.05, 4.69) is 48.4 Å².